The van der Waals surface area contributed by atoms with Crippen LogP contribution in [0.15, 0.2) is 30.3 Å². The van der Waals surface area contributed by atoms with Crippen LogP contribution in [0.2, 0.25) is 0 Å². The van der Waals surface area contributed by atoms with Gasteiger partial charge in [-0.15, -0.1) is 0 Å². The molecule has 1 aromatic carbocycles. The van der Waals surface area contributed by atoms with Crippen LogP contribution >= 0.6 is 11.8 Å². The first-order valence-electron chi connectivity index (χ1n) is 4.18. The third-order valence-electron chi connectivity index (χ3n) is 1.95. The second kappa shape index (κ2) is 3.42. The molecule has 0 aliphatic carbocycles. The maximum absolute atomic E-state index is 11.1. The lowest BCUT2D eigenvalue weighted by molar-refractivity contribution is -0.142. The summed E-state index contributed by atoms with van der Waals surface area (Å²) >= 11 is 1.55. The highest BCUT2D eigenvalue weighted by atomic mass is 32.2. The average Bonchev–Trinajstić information content (AvgIpc) is 2.49. The SMILES string of the molecule is CC1SC(c2ccccc2)OC1=O. The van der Waals surface area contributed by atoms with Gasteiger partial charge in [0.1, 0.15) is 5.25 Å². The molecule has 0 saturated carbocycles. The van der Waals surface area contributed by atoms with Crippen LogP contribution in [0, 0.1) is 0 Å². The topological polar surface area (TPSA) is 26.3 Å². The van der Waals surface area contributed by atoms with E-state index in [-0.39, 0.29) is 16.7 Å². The highest BCUT2D eigenvalue weighted by molar-refractivity contribution is 8.01. The number of carbonyl (C=O) groups is 1. The van der Waals surface area contributed by atoms with Crippen molar-refractivity contribution in [3.63, 3.8) is 0 Å². The highest BCUT2D eigenvalue weighted by Crippen LogP contribution is 2.39. The summed E-state index contributed by atoms with van der Waals surface area (Å²) in [6.07, 6.45) is 0. The molecule has 0 spiro atoms. The standard InChI is InChI=1S/C10H10O2S/c1-7-9(11)12-10(13-7)8-5-3-2-4-6-8/h2-7,10H,1H3. The normalized spacial score (nSPS) is 27.3. The third-order valence-corrected chi connectivity index (χ3v) is 3.17. The molecule has 3 heteroatoms. The molecule has 1 aliphatic heterocycles. The van der Waals surface area contributed by atoms with Crippen molar-refractivity contribution in [3.05, 3.63) is 35.9 Å². The summed E-state index contributed by atoms with van der Waals surface area (Å²) < 4.78 is 5.18. The Hall–Kier alpha value is -0.960. The number of rotatable bonds is 1. The van der Waals surface area contributed by atoms with Gasteiger partial charge in [-0.25, -0.2) is 0 Å². The number of ether oxygens (including phenoxy) is 1. The zero-order valence-corrected chi connectivity index (χ0v) is 8.08. The van der Waals surface area contributed by atoms with E-state index >= 15 is 0 Å². The second-order valence-corrected chi connectivity index (χ2v) is 4.37. The van der Waals surface area contributed by atoms with E-state index in [0.29, 0.717) is 0 Å². The molecule has 0 aromatic heterocycles. The monoisotopic (exact) mass is 194 g/mol. The van der Waals surface area contributed by atoms with Crippen LogP contribution in [0.3, 0.4) is 0 Å². The smallest absolute Gasteiger partial charge is 0.320 e. The van der Waals surface area contributed by atoms with Crippen molar-refractivity contribution in [3.8, 4) is 0 Å². The summed E-state index contributed by atoms with van der Waals surface area (Å²) in [7, 11) is 0. The van der Waals surface area contributed by atoms with Crippen LogP contribution in [0.4, 0.5) is 0 Å². The van der Waals surface area contributed by atoms with E-state index in [1.807, 2.05) is 37.3 Å². The van der Waals surface area contributed by atoms with Gasteiger partial charge < -0.3 is 4.74 Å². The Kier molecular flexibility index (Phi) is 2.27. The first-order chi connectivity index (χ1) is 6.27. The molecule has 0 bridgehead atoms. The van der Waals surface area contributed by atoms with Crippen molar-refractivity contribution in [2.75, 3.05) is 0 Å². The van der Waals surface area contributed by atoms with Crippen molar-refractivity contribution in [1.29, 1.82) is 0 Å². The van der Waals surface area contributed by atoms with Crippen LogP contribution in [0.25, 0.3) is 0 Å². The van der Waals surface area contributed by atoms with Crippen molar-refractivity contribution < 1.29 is 9.53 Å². The van der Waals surface area contributed by atoms with Crippen LogP contribution < -0.4 is 0 Å². The summed E-state index contributed by atoms with van der Waals surface area (Å²) in [6.45, 7) is 1.87. The van der Waals surface area contributed by atoms with Gasteiger partial charge in [0.15, 0.2) is 5.44 Å². The predicted octanol–water partition coefficient (Wildman–Crippen LogP) is 2.36. The summed E-state index contributed by atoms with van der Waals surface area (Å²) in [5.41, 5.74) is 0.953. The van der Waals surface area contributed by atoms with E-state index in [1.54, 1.807) is 11.8 Å². The van der Waals surface area contributed by atoms with E-state index in [4.69, 9.17) is 4.74 Å². The molecule has 1 aliphatic rings. The van der Waals surface area contributed by atoms with Gasteiger partial charge in [0.25, 0.3) is 0 Å². The first kappa shape index (κ1) is 8.63. The quantitative estimate of drug-likeness (QED) is 0.642. The molecule has 68 valence electrons. The maximum Gasteiger partial charge on any atom is 0.320 e. The van der Waals surface area contributed by atoms with Gasteiger partial charge in [-0.3, -0.25) is 4.79 Å². The molecule has 2 atom stereocenters. The molecule has 0 amide bonds. The minimum atomic E-state index is -0.112. The van der Waals surface area contributed by atoms with Crippen molar-refractivity contribution in [2.24, 2.45) is 0 Å². The van der Waals surface area contributed by atoms with Crippen molar-refractivity contribution in [1.82, 2.24) is 0 Å². The average molecular weight is 194 g/mol. The molecule has 1 saturated heterocycles. The van der Waals surface area contributed by atoms with Gasteiger partial charge in [0, 0.05) is 5.56 Å². The predicted molar refractivity (Wildman–Crippen MR) is 52.3 cm³/mol. The molecule has 0 radical (unpaired) electrons. The minimum absolute atomic E-state index is 0.0368. The Morgan fingerprint density at radius 1 is 1.31 bits per heavy atom. The second-order valence-electron chi connectivity index (χ2n) is 2.96. The molecule has 13 heavy (non-hydrogen) atoms. The Balaban J connectivity index is 2.17. The summed E-state index contributed by atoms with van der Waals surface area (Å²) in [5, 5.41) is -0.0368. The van der Waals surface area contributed by atoms with Gasteiger partial charge in [0.2, 0.25) is 0 Å². The molecule has 2 rings (SSSR count). The lowest BCUT2D eigenvalue weighted by atomic mass is 10.2. The number of cyclic esters (lactones) is 1. The maximum atomic E-state index is 11.1. The van der Waals surface area contributed by atoms with Crippen molar-refractivity contribution in [2.45, 2.75) is 17.6 Å². The van der Waals surface area contributed by atoms with E-state index in [9.17, 15) is 4.79 Å². The lowest BCUT2D eigenvalue weighted by Crippen LogP contribution is -2.06. The van der Waals surface area contributed by atoms with E-state index in [2.05, 4.69) is 0 Å². The number of esters is 1. The van der Waals surface area contributed by atoms with E-state index in [0.717, 1.165) is 5.56 Å². The minimum Gasteiger partial charge on any atom is -0.445 e. The highest BCUT2D eigenvalue weighted by Gasteiger charge is 2.32. The zero-order valence-electron chi connectivity index (χ0n) is 7.27. The Bertz CT molecular complexity index is 310. The van der Waals surface area contributed by atoms with Gasteiger partial charge >= 0.3 is 5.97 Å². The van der Waals surface area contributed by atoms with E-state index in [1.165, 1.54) is 0 Å². The molecule has 1 heterocycles. The Labute approximate surface area is 81.3 Å². The van der Waals surface area contributed by atoms with Crippen LogP contribution in [0.1, 0.15) is 17.9 Å². The number of thioether (sulfide) groups is 1. The Morgan fingerprint density at radius 3 is 2.54 bits per heavy atom. The van der Waals surface area contributed by atoms with Crippen molar-refractivity contribution >= 4 is 17.7 Å². The third kappa shape index (κ3) is 1.70. The summed E-state index contributed by atoms with van der Waals surface area (Å²) in [6, 6.07) is 9.81. The number of carbonyl (C=O) groups excluding carboxylic acids is 1. The molecule has 0 N–H and O–H groups in total. The zero-order chi connectivity index (χ0) is 9.26. The van der Waals surface area contributed by atoms with Crippen LogP contribution in [-0.4, -0.2) is 11.2 Å². The van der Waals surface area contributed by atoms with Gasteiger partial charge in [0.05, 0.1) is 0 Å². The largest absolute Gasteiger partial charge is 0.445 e. The van der Waals surface area contributed by atoms with Gasteiger partial charge in [-0.1, -0.05) is 42.1 Å². The fourth-order valence-electron chi connectivity index (χ4n) is 1.23. The Morgan fingerprint density at radius 2 is 2.00 bits per heavy atom. The number of hydrogen-bond donors (Lipinski definition) is 0. The number of benzene rings is 1. The first-order valence-corrected chi connectivity index (χ1v) is 5.12. The molecule has 1 aromatic rings. The van der Waals surface area contributed by atoms with Crippen LogP contribution in [-0.2, 0) is 9.53 Å². The molecular weight excluding hydrogens is 184 g/mol. The summed E-state index contributed by atoms with van der Waals surface area (Å²) in [4.78, 5) is 11.1. The number of hydrogen-bond acceptors (Lipinski definition) is 3. The van der Waals surface area contributed by atoms with Gasteiger partial charge in [-0.2, -0.15) is 0 Å². The molecule has 2 nitrogen and oxygen atoms in total. The van der Waals surface area contributed by atoms with Gasteiger partial charge in [-0.05, 0) is 6.92 Å². The van der Waals surface area contributed by atoms with E-state index < -0.39 is 0 Å². The molecule has 1 fully saturated rings. The summed E-state index contributed by atoms with van der Waals surface area (Å²) in [5.74, 6) is -0.112. The molecule has 2 unspecified atom stereocenters. The fraction of sp³-hybridized carbons (Fsp3) is 0.300. The fourth-order valence-corrected chi connectivity index (χ4v) is 2.23. The molecular formula is C10H10O2S. The lowest BCUT2D eigenvalue weighted by Gasteiger charge is -2.07. The van der Waals surface area contributed by atoms with Crippen LogP contribution in [0.5, 0.6) is 0 Å².